The number of para-hydroxylation sites is 1. The van der Waals surface area contributed by atoms with E-state index < -0.39 is 0 Å². The molecule has 0 aliphatic rings. The summed E-state index contributed by atoms with van der Waals surface area (Å²) in [4.78, 5) is 24.7. The summed E-state index contributed by atoms with van der Waals surface area (Å²) in [6.45, 7) is 0.247. The number of benzene rings is 2. The lowest BCUT2D eigenvalue weighted by Gasteiger charge is -2.12. The Morgan fingerprint density at radius 3 is 2.42 bits per heavy atom. The van der Waals surface area contributed by atoms with Gasteiger partial charge in [-0.25, -0.2) is 4.68 Å². The molecular formula is C18H15Cl2N3O3. The van der Waals surface area contributed by atoms with Gasteiger partial charge in [0.1, 0.15) is 6.61 Å². The van der Waals surface area contributed by atoms with E-state index in [0.717, 1.165) is 0 Å². The molecule has 6 nitrogen and oxygen atoms in total. The van der Waals surface area contributed by atoms with Crippen LogP contribution in [0, 0.1) is 0 Å². The quantitative estimate of drug-likeness (QED) is 0.724. The van der Waals surface area contributed by atoms with Gasteiger partial charge in [0, 0.05) is 12.4 Å². The van der Waals surface area contributed by atoms with Crippen LogP contribution in [0.5, 0.6) is 5.75 Å². The molecule has 0 spiro atoms. The van der Waals surface area contributed by atoms with E-state index >= 15 is 0 Å². The Morgan fingerprint density at radius 1 is 1.12 bits per heavy atom. The minimum Gasteiger partial charge on any atom is -0.489 e. The largest absolute Gasteiger partial charge is 0.489 e. The van der Waals surface area contributed by atoms with Crippen molar-refractivity contribution in [2.45, 2.75) is 6.54 Å². The summed E-state index contributed by atoms with van der Waals surface area (Å²) in [5, 5.41) is 8.40. The monoisotopic (exact) mass is 391 g/mol. The van der Waals surface area contributed by atoms with Crippen LogP contribution in [-0.2, 0) is 6.54 Å². The Kier molecular flexibility index (Phi) is 5.44. The Balaban J connectivity index is 1.92. The summed E-state index contributed by atoms with van der Waals surface area (Å²) < 4.78 is 6.81. The van der Waals surface area contributed by atoms with Gasteiger partial charge in [0.05, 0.1) is 22.0 Å². The van der Waals surface area contributed by atoms with Crippen LogP contribution in [-0.4, -0.2) is 29.3 Å². The highest BCUT2D eigenvalue weighted by atomic mass is 35.5. The number of hydrogen-bond donors (Lipinski definition) is 1. The molecule has 0 unspecified atom stereocenters. The first-order valence-corrected chi connectivity index (χ1v) is 8.57. The molecule has 134 valence electrons. The van der Waals surface area contributed by atoms with Crippen LogP contribution >= 0.6 is 23.2 Å². The van der Waals surface area contributed by atoms with Crippen molar-refractivity contribution < 1.29 is 9.53 Å². The number of halogens is 2. The number of fused-ring (bicyclic) bond motifs is 1. The SMILES string of the molecule is CNC(=O)c1nn(CCOc2c(Cl)cccc2Cl)c(=O)c2ccccc12. The standard InChI is InChI=1S/C18H15Cl2N3O3/c1-21-17(24)15-11-5-2-3-6-12(11)18(25)23(22-15)9-10-26-16-13(19)7-4-8-14(16)20/h2-8H,9-10H2,1H3,(H,21,24). The fourth-order valence-corrected chi connectivity index (χ4v) is 3.03. The molecule has 3 aromatic rings. The summed E-state index contributed by atoms with van der Waals surface area (Å²) in [5.41, 5.74) is -0.124. The molecule has 0 radical (unpaired) electrons. The third-order valence-corrected chi connectivity index (χ3v) is 4.37. The number of ether oxygens (including phenoxy) is 1. The second-order valence-corrected chi connectivity index (χ2v) is 6.22. The fraction of sp³-hybridized carbons (Fsp3) is 0.167. The van der Waals surface area contributed by atoms with Crippen LogP contribution < -0.4 is 15.6 Å². The van der Waals surface area contributed by atoms with Gasteiger partial charge in [0.15, 0.2) is 11.4 Å². The number of aromatic nitrogens is 2. The predicted molar refractivity (Wildman–Crippen MR) is 101 cm³/mol. The molecule has 0 atom stereocenters. The number of carbonyl (C=O) groups excluding carboxylic acids is 1. The van der Waals surface area contributed by atoms with Crippen molar-refractivity contribution in [3.63, 3.8) is 0 Å². The van der Waals surface area contributed by atoms with Gasteiger partial charge >= 0.3 is 0 Å². The second-order valence-electron chi connectivity index (χ2n) is 5.40. The predicted octanol–water partition coefficient (Wildman–Crippen LogP) is 3.14. The van der Waals surface area contributed by atoms with Crippen molar-refractivity contribution in [2.24, 2.45) is 0 Å². The molecular weight excluding hydrogens is 377 g/mol. The summed E-state index contributed by atoms with van der Waals surface area (Å²) >= 11 is 12.1. The van der Waals surface area contributed by atoms with E-state index in [1.807, 2.05) is 0 Å². The molecule has 1 heterocycles. The van der Waals surface area contributed by atoms with Crippen molar-refractivity contribution in [3.8, 4) is 5.75 Å². The highest BCUT2D eigenvalue weighted by Crippen LogP contribution is 2.32. The summed E-state index contributed by atoms with van der Waals surface area (Å²) in [5.74, 6) is -0.0267. The van der Waals surface area contributed by atoms with Gasteiger partial charge in [-0.15, -0.1) is 0 Å². The molecule has 2 aromatic carbocycles. The van der Waals surface area contributed by atoms with E-state index in [2.05, 4.69) is 10.4 Å². The molecule has 8 heteroatoms. The molecule has 0 saturated carbocycles. The van der Waals surface area contributed by atoms with E-state index in [9.17, 15) is 9.59 Å². The van der Waals surface area contributed by atoms with E-state index in [-0.39, 0.29) is 30.3 Å². The van der Waals surface area contributed by atoms with Crippen molar-refractivity contribution in [3.05, 3.63) is 68.6 Å². The molecule has 0 saturated heterocycles. The number of nitrogens with zero attached hydrogens (tertiary/aromatic N) is 2. The lowest BCUT2D eigenvalue weighted by Crippen LogP contribution is -2.30. The van der Waals surface area contributed by atoms with Crippen LogP contribution in [0.25, 0.3) is 10.8 Å². The molecule has 26 heavy (non-hydrogen) atoms. The molecule has 3 rings (SSSR count). The number of carbonyl (C=O) groups is 1. The first kappa shape index (κ1) is 18.2. The van der Waals surface area contributed by atoms with Gasteiger partial charge in [0.2, 0.25) is 0 Å². The van der Waals surface area contributed by atoms with Gasteiger partial charge in [-0.3, -0.25) is 9.59 Å². The van der Waals surface area contributed by atoms with Crippen molar-refractivity contribution >= 4 is 39.9 Å². The highest BCUT2D eigenvalue weighted by Gasteiger charge is 2.15. The zero-order valence-corrected chi connectivity index (χ0v) is 15.3. The average Bonchev–Trinajstić information content (AvgIpc) is 2.65. The number of nitrogens with one attached hydrogen (secondary N) is 1. The zero-order valence-electron chi connectivity index (χ0n) is 13.8. The summed E-state index contributed by atoms with van der Waals surface area (Å²) in [7, 11) is 1.51. The average molecular weight is 392 g/mol. The molecule has 0 bridgehead atoms. The molecule has 1 aromatic heterocycles. The maximum atomic E-state index is 12.6. The second kappa shape index (κ2) is 7.76. The minimum atomic E-state index is -0.370. The van der Waals surface area contributed by atoms with Crippen molar-refractivity contribution in [1.29, 1.82) is 0 Å². The molecule has 1 amide bonds. The molecule has 0 fully saturated rings. The number of rotatable bonds is 5. The Hall–Kier alpha value is -2.57. The van der Waals surface area contributed by atoms with E-state index in [0.29, 0.717) is 26.6 Å². The van der Waals surface area contributed by atoms with Crippen LogP contribution in [0.4, 0.5) is 0 Å². The maximum Gasteiger partial charge on any atom is 0.274 e. The van der Waals surface area contributed by atoms with Crippen LogP contribution in [0.3, 0.4) is 0 Å². The Labute approximate surface area is 159 Å². The van der Waals surface area contributed by atoms with E-state index in [4.69, 9.17) is 27.9 Å². The molecule has 0 aliphatic heterocycles. The molecule has 1 N–H and O–H groups in total. The topological polar surface area (TPSA) is 73.2 Å². The van der Waals surface area contributed by atoms with Gasteiger partial charge in [0.25, 0.3) is 11.5 Å². The maximum absolute atomic E-state index is 12.6. The minimum absolute atomic E-state index is 0.113. The molecule has 0 aliphatic carbocycles. The van der Waals surface area contributed by atoms with Gasteiger partial charge < -0.3 is 10.1 Å². The normalized spacial score (nSPS) is 10.7. The first-order chi connectivity index (χ1) is 12.5. The summed E-state index contributed by atoms with van der Waals surface area (Å²) in [6.07, 6.45) is 0. The van der Waals surface area contributed by atoms with Gasteiger partial charge in [-0.05, 0) is 18.2 Å². The van der Waals surface area contributed by atoms with Crippen molar-refractivity contribution in [2.75, 3.05) is 13.7 Å². The Morgan fingerprint density at radius 2 is 1.77 bits per heavy atom. The smallest absolute Gasteiger partial charge is 0.274 e. The number of hydrogen-bond acceptors (Lipinski definition) is 4. The van der Waals surface area contributed by atoms with Crippen molar-refractivity contribution in [1.82, 2.24) is 15.1 Å². The van der Waals surface area contributed by atoms with E-state index in [1.54, 1.807) is 42.5 Å². The lowest BCUT2D eigenvalue weighted by molar-refractivity contribution is 0.0957. The Bertz CT molecular complexity index is 1010. The van der Waals surface area contributed by atoms with Gasteiger partial charge in [-0.2, -0.15) is 5.10 Å². The first-order valence-electron chi connectivity index (χ1n) is 7.81. The third-order valence-electron chi connectivity index (χ3n) is 3.78. The lowest BCUT2D eigenvalue weighted by atomic mass is 10.1. The van der Waals surface area contributed by atoms with Crippen LogP contribution in [0.2, 0.25) is 10.0 Å². The van der Waals surface area contributed by atoms with Gasteiger partial charge in [-0.1, -0.05) is 47.5 Å². The highest BCUT2D eigenvalue weighted by molar-refractivity contribution is 6.37. The third kappa shape index (κ3) is 3.52. The fourth-order valence-electron chi connectivity index (χ4n) is 2.53. The van der Waals surface area contributed by atoms with Crippen LogP contribution in [0.1, 0.15) is 10.5 Å². The zero-order chi connectivity index (χ0) is 18.7. The van der Waals surface area contributed by atoms with E-state index in [1.165, 1.54) is 11.7 Å². The number of amides is 1. The van der Waals surface area contributed by atoms with Crippen LogP contribution in [0.15, 0.2) is 47.3 Å². The summed E-state index contributed by atoms with van der Waals surface area (Å²) in [6, 6.07) is 11.9.